The van der Waals surface area contributed by atoms with E-state index in [1.807, 2.05) is 24.3 Å². The van der Waals surface area contributed by atoms with Crippen LogP contribution in [-0.4, -0.2) is 46.7 Å². The van der Waals surface area contributed by atoms with Crippen LogP contribution in [0.4, 0.5) is 24.7 Å². The Balaban J connectivity index is 1.48. The summed E-state index contributed by atoms with van der Waals surface area (Å²) in [6.07, 6.45) is -2.41. The molecule has 3 heterocycles. The summed E-state index contributed by atoms with van der Waals surface area (Å²) < 4.78 is 44.5. The number of nitrogens with zero attached hydrogens (tertiary/aromatic N) is 4. The number of alkyl halides is 3. The molecule has 1 aliphatic rings. The number of fused-ring (bicyclic) bond motifs is 1. The number of para-hydroxylation sites is 2. The van der Waals surface area contributed by atoms with Crippen LogP contribution in [0.15, 0.2) is 30.6 Å². The topological polar surface area (TPSA) is 79.0 Å². The molecule has 0 aliphatic carbocycles. The number of rotatable bonds is 5. The molecule has 0 bridgehead atoms. The Labute approximate surface area is 159 Å². The fourth-order valence-corrected chi connectivity index (χ4v) is 3.44. The lowest BCUT2D eigenvalue weighted by atomic mass is 10.1. The van der Waals surface area contributed by atoms with Crippen LogP contribution in [-0.2, 0) is 6.18 Å². The fourth-order valence-electron chi connectivity index (χ4n) is 3.44. The molecule has 0 saturated carbocycles. The number of hydrogen-bond donors (Lipinski definition) is 2. The standard InChI is InChI=1S/C18H19F3N6O/c1-28-13-5-3-2-4-12(13)27-7-6-11(9-27)8-22-15-14-16(24-10-23-14)26-17(25-15)18(19,20)21/h2-5,10-11H,6-9H2,1H3,(H2,22,23,24,25,26)/t11-/m1/s1. The quantitative estimate of drug-likeness (QED) is 0.694. The third kappa shape index (κ3) is 3.54. The molecule has 10 heteroatoms. The molecule has 1 fully saturated rings. The second kappa shape index (κ2) is 7.17. The van der Waals surface area contributed by atoms with Gasteiger partial charge in [0.2, 0.25) is 5.82 Å². The molecule has 7 nitrogen and oxygen atoms in total. The van der Waals surface area contributed by atoms with Gasteiger partial charge in [0.25, 0.3) is 0 Å². The molecule has 2 aromatic heterocycles. The van der Waals surface area contributed by atoms with Gasteiger partial charge < -0.3 is 19.9 Å². The van der Waals surface area contributed by atoms with Crippen molar-refractivity contribution in [3.8, 4) is 5.75 Å². The lowest BCUT2D eigenvalue weighted by Crippen LogP contribution is -2.23. The second-order valence-electron chi connectivity index (χ2n) is 6.65. The third-order valence-electron chi connectivity index (χ3n) is 4.81. The van der Waals surface area contributed by atoms with E-state index in [-0.39, 0.29) is 17.4 Å². The van der Waals surface area contributed by atoms with Crippen molar-refractivity contribution in [3.05, 3.63) is 36.4 Å². The fraction of sp³-hybridized carbons (Fsp3) is 0.389. The smallest absolute Gasteiger partial charge is 0.451 e. The maximum Gasteiger partial charge on any atom is 0.451 e. The van der Waals surface area contributed by atoms with Gasteiger partial charge in [-0.15, -0.1) is 0 Å². The molecule has 0 spiro atoms. The average Bonchev–Trinajstić information content (AvgIpc) is 3.34. The van der Waals surface area contributed by atoms with E-state index in [0.29, 0.717) is 12.1 Å². The molecule has 1 aliphatic heterocycles. The van der Waals surface area contributed by atoms with E-state index >= 15 is 0 Å². The maximum absolute atomic E-state index is 13.0. The van der Waals surface area contributed by atoms with Crippen molar-refractivity contribution in [2.24, 2.45) is 5.92 Å². The Bertz CT molecular complexity index is 973. The summed E-state index contributed by atoms with van der Waals surface area (Å²) in [5.74, 6) is -0.0182. The van der Waals surface area contributed by atoms with Gasteiger partial charge in [-0.25, -0.2) is 15.0 Å². The predicted octanol–water partition coefficient (Wildman–Crippen LogP) is 3.32. The van der Waals surface area contributed by atoms with Crippen molar-refractivity contribution >= 4 is 22.7 Å². The van der Waals surface area contributed by atoms with Crippen molar-refractivity contribution in [1.29, 1.82) is 0 Å². The van der Waals surface area contributed by atoms with E-state index in [1.165, 1.54) is 6.33 Å². The van der Waals surface area contributed by atoms with Crippen molar-refractivity contribution < 1.29 is 17.9 Å². The molecule has 3 aromatic rings. The van der Waals surface area contributed by atoms with E-state index in [4.69, 9.17) is 4.74 Å². The van der Waals surface area contributed by atoms with Crippen molar-refractivity contribution in [3.63, 3.8) is 0 Å². The Morgan fingerprint density at radius 2 is 2.11 bits per heavy atom. The third-order valence-corrected chi connectivity index (χ3v) is 4.81. The van der Waals surface area contributed by atoms with Gasteiger partial charge in [0.05, 0.1) is 19.1 Å². The minimum atomic E-state index is -4.63. The zero-order chi connectivity index (χ0) is 19.7. The predicted molar refractivity (Wildman–Crippen MR) is 98.5 cm³/mol. The number of methoxy groups -OCH3 is 1. The van der Waals surface area contributed by atoms with Crippen LogP contribution in [0.3, 0.4) is 0 Å². The minimum absolute atomic E-state index is 0.00750. The van der Waals surface area contributed by atoms with E-state index in [1.54, 1.807) is 7.11 Å². The highest BCUT2D eigenvalue weighted by Gasteiger charge is 2.36. The normalized spacial score (nSPS) is 17.3. The Kier molecular flexibility index (Phi) is 4.70. The molecule has 1 aromatic carbocycles. The molecule has 1 saturated heterocycles. The van der Waals surface area contributed by atoms with Gasteiger partial charge in [0.1, 0.15) is 11.3 Å². The van der Waals surface area contributed by atoms with E-state index in [9.17, 15) is 13.2 Å². The number of aromatic nitrogens is 4. The largest absolute Gasteiger partial charge is 0.495 e. The molecular formula is C18H19F3N6O. The highest BCUT2D eigenvalue weighted by Crippen LogP contribution is 2.33. The van der Waals surface area contributed by atoms with E-state index < -0.39 is 12.0 Å². The first-order valence-corrected chi connectivity index (χ1v) is 8.86. The maximum atomic E-state index is 13.0. The SMILES string of the molecule is COc1ccccc1N1CC[C@H](CNc2nc(C(F)(F)F)nc3nc[nH]c23)C1. The van der Waals surface area contributed by atoms with Crippen LogP contribution < -0.4 is 15.0 Å². The Hall–Kier alpha value is -3.04. The number of aromatic amines is 1. The van der Waals surface area contributed by atoms with Gasteiger partial charge in [0, 0.05) is 19.6 Å². The van der Waals surface area contributed by atoms with Gasteiger partial charge in [-0.3, -0.25) is 0 Å². The molecule has 4 rings (SSSR count). The average molecular weight is 392 g/mol. The molecule has 0 radical (unpaired) electrons. The first kappa shape index (κ1) is 18.3. The summed E-state index contributed by atoms with van der Waals surface area (Å²) in [4.78, 5) is 16.0. The molecule has 2 N–H and O–H groups in total. The van der Waals surface area contributed by atoms with Crippen LogP contribution in [0, 0.1) is 5.92 Å². The van der Waals surface area contributed by atoms with Crippen LogP contribution >= 0.6 is 0 Å². The summed E-state index contributed by atoms with van der Waals surface area (Å²) in [5, 5.41) is 3.05. The van der Waals surface area contributed by atoms with E-state index in [0.717, 1.165) is 30.9 Å². The lowest BCUT2D eigenvalue weighted by Gasteiger charge is -2.21. The Morgan fingerprint density at radius 3 is 2.89 bits per heavy atom. The first-order chi connectivity index (χ1) is 13.5. The summed E-state index contributed by atoms with van der Waals surface area (Å²) in [7, 11) is 1.64. The molecule has 1 atom stereocenters. The van der Waals surface area contributed by atoms with Gasteiger partial charge >= 0.3 is 6.18 Å². The number of benzene rings is 1. The lowest BCUT2D eigenvalue weighted by molar-refractivity contribution is -0.144. The van der Waals surface area contributed by atoms with Gasteiger partial charge in [0.15, 0.2) is 11.5 Å². The number of H-pyrrole nitrogens is 1. The zero-order valence-electron chi connectivity index (χ0n) is 15.1. The molecule has 28 heavy (non-hydrogen) atoms. The van der Waals surface area contributed by atoms with Crippen LogP contribution in [0.25, 0.3) is 11.2 Å². The number of hydrogen-bond acceptors (Lipinski definition) is 6. The number of anilines is 2. The summed E-state index contributed by atoms with van der Waals surface area (Å²) in [6, 6.07) is 7.79. The number of imidazole rings is 1. The summed E-state index contributed by atoms with van der Waals surface area (Å²) in [5.41, 5.74) is 1.38. The van der Waals surface area contributed by atoms with Crippen LogP contribution in [0.1, 0.15) is 12.2 Å². The van der Waals surface area contributed by atoms with Crippen LogP contribution in [0.5, 0.6) is 5.75 Å². The highest BCUT2D eigenvalue weighted by molar-refractivity contribution is 5.82. The first-order valence-electron chi connectivity index (χ1n) is 8.86. The minimum Gasteiger partial charge on any atom is -0.495 e. The van der Waals surface area contributed by atoms with Gasteiger partial charge in [-0.05, 0) is 24.5 Å². The van der Waals surface area contributed by atoms with E-state index in [2.05, 4.69) is 30.2 Å². The second-order valence-corrected chi connectivity index (χ2v) is 6.65. The van der Waals surface area contributed by atoms with Gasteiger partial charge in [-0.1, -0.05) is 12.1 Å². The van der Waals surface area contributed by atoms with Crippen molar-refractivity contribution in [2.75, 3.05) is 37.0 Å². The number of nitrogens with one attached hydrogen (secondary N) is 2. The highest BCUT2D eigenvalue weighted by atomic mass is 19.4. The van der Waals surface area contributed by atoms with Gasteiger partial charge in [-0.2, -0.15) is 13.2 Å². The monoisotopic (exact) mass is 392 g/mol. The number of halogens is 3. The molecule has 0 amide bonds. The zero-order valence-corrected chi connectivity index (χ0v) is 15.1. The summed E-state index contributed by atoms with van der Waals surface area (Å²) in [6.45, 7) is 2.12. The molecule has 148 valence electrons. The summed E-state index contributed by atoms with van der Waals surface area (Å²) >= 11 is 0. The van der Waals surface area contributed by atoms with Crippen molar-refractivity contribution in [2.45, 2.75) is 12.6 Å². The Morgan fingerprint density at radius 1 is 1.29 bits per heavy atom. The number of ether oxygens (including phenoxy) is 1. The van der Waals surface area contributed by atoms with Crippen molar-refractivity contribution in [1.82, 2.24) is 19.9 Å². The molecule has 0 unspecified atom stereocenters. The van der Waals surface area contributed by atoms with Crippen LogP contribution in [0.2, 0.25) is 0 Å². The molecular weight excluding hydrogens is 373 g/mol.